The molecule has 2 rings (SSSR count). The first-order valence-electron chi connectivity index (χ1n) is 5.36. The molecular weight excluding hydrogens is 200 g/mol. The summed E-state index contributed by atoms with van der Waals surface area (Å²) in [7, 11) is 0. The Labute approximate surface area is 95.1 Å². The van der Waals surface area contributed by atoms with Crippen molar-refractivity contribution in [2.75, 3.05) is 0 Å². The number of rotatable bonds is 4. The first kappa shape index (κ1) is 10.6. The summed E-state index contributed by atoms with van der Waals surface area (Å²) in [5, 5.41) is 0. The third-order valence-electron chi connectivity index (χ3n) is 2.25. The van der Waals surface area contributed by atoms with Crippen LogP contribution >= 0.6 is 0 Å². The third-order valence-corrected chi connectivity index (χ3v) is 2.25. The number of ether oxygens (including phenoxy) is 1. The average molecular weight is 214 g/mol. The fourth-order valence-corrected chi connectivity index (χ4v) is 1.36. The van der Waals surface area contributed by atoms with Gasteiger partial charge in [-0.3, -0.25) is 4.98 Å². The lowest BCUT2D eigenvalue weighted by Crippen LogP contribution is -1.99. The summed E-state index contributed by atoms with van der Waals surface area (Å²) in [6, 6.07) is 10.0. The second-order valence-electron chi connectivity index (χ2n) is 3.48. The van der Waals surface area contributed by atoms with Gasteiger partial charge in [-0.15, -0.1) is 0 Å². The minimum Gasteiger partial charge on any atom is -0.472 e. The van der Waals surface area contributed by atoms with Crippen molar-refractivity contribution in [1.82, 2.24) is 9.97 Å². The Bertz CT molecular complexity index is 443. The van der Waals surface area contributed by atoms with Crippen molar-refractivity contribution in [3.05, 3.63) is 54.0 Å². The standard InChI is InChI=1S/C13H14N2O/c1-2-12-8-14-9-13(15-12)16-10-11-6-4-3-5-7-11/h3-9H,2,10H2,1H3. The van der Waals surface area contributed by atoms with Crippen LogP contribution in [0, 0.1) is 0 Å². The molecule has 1 heterocycles. The van der Waals surface area contributed by atoms with Gasteiger partial charge in [0.2, 0.25) is 5.88 Å². The maximum absolute atomic E-state index is 5.56. The van der Waals surface area contributed by atoms with E-state index in [0.29, 0.717) is 12.5 Å². The highest BCUT2D eigenvalue weighted by Crippen LogP contribution is 2.08. The van der Waals surface area contributed by atoms with Gasteiger partial charge in [-0.1, -0.05) is 37.3 Å². The summed E-state index contributed by atoms with van der Waals surface area (Å²) in [5.74, 6) is 0.586. The molecule has 16 heavy (non-hydrogen) atoms. The molecule has 1 aromatic carbocycles. The van der Waals surface area contributed by atoms with E-state index in [1.165, 1.54) is 0 Å². The normalized spacial score (nSPS) is 10.1. The third kappa shape index (κ3) is 2.79. The maximum Gasteiger partial charge on any atom is 0.232 e. The number of aromatic nitrogens is 2. The Hall–Kier alpha value is -1.90. The van der Waals surface area contributed by atoms with Gasteiger partial charge in [0.05, 0.1) is 11.9 Å². The first-order chi connectivity index (χ1) is 7.88. The van der Waals surface area contributed by atoms with Crippen molar-refractivity contribution < 1.29 is 4.74 Å². The molecule has 0 spiro atoms. The molecule has 0 amide bonds. The van der Waals surface area contributed by atoms with Crippen molar-refractivity contribution in [2.45, 2.75) is 20.0 Å². The first-order valence-corrected chi connectivity index (χ1v) is 5.36. The van der Waals surface area contributed by atoms with Crippen LogP contribution in [0.15, 0.2) is 42.7 Å². The SMILES string of the molecule is CCc1cncc(OCc2ccccc2)n1. The summed E-state index contributed by atoms with van der Waals surface area (Å²) in [6.07, 6.45) is 4.27. The van der Waals surface area contributed by atoms with Gasteiger partial charge >= 0.3 is 0 Å². The minimum atomic E-state index is 0.530. The molecule has 0 aliphatic carbocycles. The summed E-state index contributed by atoms with van der Waals surface area (Å²) < 4.78 is 5.56. The average Bonchev–Trinajstić information content (AvgIpc) is 2.38. The molecule has 3 heteroatoms. The number of aryl methyl sites for hydroxylation is 1. The quantitative estimate of drug-likeness (QED) is 0.784. The molecule has 0 bridgehead atoms. The van der Waals surface area contributed by atoms with E-state index in [9.17, 15) is 0 Å². The van der Waals surface area contributed by atoms with Gasteiger partial charge in [-0.2, -0.15) is 0 Å². The highest BCUT2D eigenvalue weighted by molar-refractivity contribution is 5.15. The number of nitrogens with zero attached hydrogens (tertiary/aromatic N) is 2. The van der Waals surface area contributed by atoms with Crippen LogP contribution in [0.25, 0.3) is 0 Å². The second-order valence-corrected chi connectivity index (χ2v) is 3.48. The summed E-state index contributed by atoms with van der Waals surface area (Å²) in [4.78, 5) is 8.40. The van der Waals surface area contributed by atoms with Crippen molar-refractivity contribution in [2.24, 2.45) is 0 Å². The zero-order chi connectivity index (χ0) is 11.2. The molecule has 82 valence electrons. The highest BCUT2D eigenvalue weighted by atomic mass is 16.5. The molecule has 0 saturated heterocycles. The highest BCUT2D eigenvalue weighted by Gasteiger charge is 1.98. The molecule has 0 unspecified atom stereocenters. The monoisotopic (exact) mass is 214 g/mol. The van der Waals surface area contributed by atoms with E-state index in [1.54, 1.807) is 12.4 Å². The van der Waals surface area contributed by atoms with E-state index in [4.69, 9.17) is 4.74 Å². The van der Waals surface area contributed by atoms with Crippen LogP contribution in [0.4, 0.5) is 0 Å². The van der Waals surface area contributed by atoms with Gasteiger partial charge in [-0.05, 0) is 12.0 Å². The van der Waals surface area contributed by atoms with E-state index in [2.05, 4.69) is 9.97 Å². The molecule has 3 nitrogen and oxygen atoms in total. The molecule has 0 atom stereocenters. The Morgan fingerprint density at radius 3 is 2.69 bits per heavy atom. The molecule has 0 aliphatic rings. The number of hydrogen-bond acceptors (Lipinski definition) is 3. The molecule has 0 radical (unpaired) electrons. The van der Waals surface area contributed by atoms with Gasteiger partial charge in [-0.25, -0.2) is 4.98 Å². The molecule has 0 fully saturated rings. The summed E-state index contributed by atoms with van der Waals surface area (Å²) in [6.45, 7) is 2.58. The maximum atomic E-state index is 5.56. The smallest absolute Gasteiger partial charge is 0.232 e. The topological polar surface area (TPSA) is 35.0 Å². The van der Waals surface area contributed by atoms with Crippen LogP contribution in [-0.2, 0) is 13.0 Å². The van der Waals surface area contributed by atoms with E-state index in [0.717, 1.165) is 17.7 Å². The van der Waals surface area contributed by atoms with Gasteiger partial charge in [0.1, 0.15) is 6.61 Å². The Kier molecular flexibility index (Phi) is 3.49. The van der Waals surface area contributed by atoms with E-state index in [1.807, 2.05) is 37.3 Å². The number of benzene rings is 1. The van der Waals surface area contributed by atoms with Gasteiger partial charge in [0, 0.05) is 6.20 Å². The lowest BCUT2D eigenvalue weighted by Gasteiger charge is -2.05. The fourth-order valence-electron chi connectivity index (χ4n) is 1.36. The van der Waals surface area contributed by atoms with Crippen LogP contribution in [0.3, 0.4) is 0 Å². The van der Waals surface area contributed by atoms with Crippen LogP contribution < -0.4 is 4.74 Å². The fraction of sp³-hybridized carbons (Fsp3) is 0.231. The molecule has 1 aromatic heterocycles. The van der Waals surface area contributed by atoms with Crippen molar-refractivity contribution in [3.8, 4) is 5.88 Å². The van der Waals surface area contributed by atoms with E-state index in [-0.39, 0.29) is 0 Å². The zero-order valence-corrected chi connectivity index (χ0v) is 9.26. The summed E-state index contributed by atoms with van der Waals surface area (Å²) >= 11 is 0. The van der Waals surface area contributed by atoms with Crippen LogP contribution in [-0.4, -0.2) is 9.97 Å². The second kappa shape index (κ2) is 5.26. The van der Waals surface area contributed by atoms with Crippen LogP contribution in [0.2, 0.25) is 0 Å². The van der Waals surface area contributed by atoms with Crippen LogP contribution in [0.5, 0.6) is 5.88 Å². The predicted molar refractivity (Wildman–Crippen MR) is 62.2 cm³/mol. The predicted octanol–water partition coefficient (Wildman–Crippen LogP) is 2.62. The van der Waals surface area contributed by atoms with Crippen LogP contribution in [0.1, 0.15) is 18.2 Å². The molecule has 0 N–H and O–H groups in total. The van der Waals surface area contributed by atoms with E-state index < -0.39 is 0 Å². The van der Waals surface area contributed by atoms with Crippen molar-refractivity contribution >= 4 is 0 Å². The zero-order valence-electron chi connectivity index (χ0n) is 9.26. The van der Waals surface area contributed by atoms with Gasteiger partial charge in [0.25, 0.3) is 0 Å². The van der Waals surface area contributed by atoms with Crippen molar-refractivity contribution in [1.29, 1.82) is 0 Å². The summed E-state index contributed by atoms with van der Waals surface area (Å²) in [5.41, 5.74) is 2.08. The van der Waals surface area contributed by atoms with Crippen molar-refractivity contribution in [3.63, 3.8) is 0 Å². The lowest BCUT2D eigenvalue weighted by molar-refractivity contribution is 0.291. The minimum absolute atomic E-state index is 0.530. The Balaban J connectivity index is 1.99. The van der Waals surface area contributed by atoms with E-state index >= 15 is 0 Å². The molecule has 2 aromatic rings. The van der Waals surface area contributed by atoms with Gasteiger partial charge in [0.15, 0.2) is 0 Å². The largest absolute Gasteiger partial charge is 0.472 e. The number of hydrogen-bond donors (Lipinski definition) is 0. The molecule has 0 aliphatic heterocycles. The lowest BCUT2D eigenvalue weighted by atomic mass is 10.2. The molecule has 0 saturated carbocycles. The Morgan fingerprint density at radius 2 is 1.94 bits per heavy atom. The Morgan fingerprint density at radius 1 is 1.12 bits per heavy atom. The van der Waals surface area contributed by atoms with Gasteiger partial charge < -0.3 is 4.74 Å². The molecular formula is C13H14N2O.